The fourth-order valence-corrected chi connectivity index (χ4v) is 3.45. The predicted molar refractivity (Wildman–Crippen MR) is 96.6 cm³/mol. The SMILES string of the molecule is CCCCN(C)c1ccc(NS(=O)(=O)c2ccc(F)c(C)c2)cc1. The first-order valence-electron chi connectivity index (χ1n) is 7.93. The van der Waals surface area contributed by atoms with E-state index in [0.29, 0.717) is 11.3 Å². The Morgan fingerprint density at radius 2 is 1.79 bits per heavy atom. The van der Waals surface area contributed by atoms with Gasteiger partial charge < -0.3 is 4.90 Å². The number of hydrogen-bond acceptors (Lipinski definition) is 3. The Bertz CT molecular complexity index is 789. The van der Waals surface area contributed by atoms with Gasteiger partial charge in [-0.05, 0) is 61.4 Å². The summed E-state index contributed by atoms with van der Waals surface area (Å²) in [6, 6.07) is 11.0. The zero-order valence-corrected chi connectivity index (χ0v) is 15.0. The highest BCUT2D eigenvalue weighted by atomic mass is 32.2. The van der Waals surface area contributed by atoms with Crippen LogP contribution in [0.5, 0.6) is 0 Å². The van der Waals surface area contributed by atoms with Gasteiger partial charge in [-0.3, -0.25) is 4.72 Å². The number of benzene rings is 2. The van der Waals surface area contributed by atoms with Gasteiger partial charge in [-0.1, -0.05) is 13.3 Å². The number of anilines is 2. The molecule has 130 valence electrons. The van der Waals surface area contributed by atoms with Gasteiger partial charge in [-0.2, -0.15) is 0 Å². The molecule has 1 N–H and O–H groups in total. The molecule has 2 rings (SSSR count). The molecule has 0 saturated carbocycles. The third-order valence-corrected chi connectivity index (χ3v) is 5.23. The highest BCUT2D eigenvalue weighted by Crippen LogP contribution is 2.21. The molecule has 0 saturated heterocycles. The van der Waals surface area contributed by atoms with Crippen molar-refractivity contribution < 1.29 is 12.8 Å². The molecule has 0 radical (unpaired) electrons. The molecule has 4 nitrogen and oxygen atoms in total. The highest BCUT2D eigenvalue weighted by Gasteiger charge is 2.15. The second-order valence-electron chi connectivity index (χ2n) is 5.84. The van der Waals surface area contributed by atoms with Crippen molar-refractivity contribution in [2.24, 2.45) is 0 Å². The van der Waals surface area contributed by atoms with Gasteiger partial charge in [0.15, 0.2) is 0 Å². The second kappa shape index (κ2) is 7.66. The van der Waals surface area contributed by atoms with E-state index in [9.17, 15) is 12.8 Å². The first-order chi connectivity index (χ1) is 11.3. The van der Waals surface area contributed by atoms with E-state index in [-0.39, 0.29) is 4.90 Å². The van der Waals surface area contributed by atoms with Crippen LogP contribution in [0.25, 0.3) is 0 Å². The van der Waals surface area contributed by atoms with Crippen LogP contribution >= 0.6 is 0 Å². The lowest BCUT2D eigenvalue weighted by Gasteiger charge is -2.19. The van der Waals surface area contributed by atoms with Crippen LogP contribution in [-0.2, 0) is 10.0 Å². The van der Waals surface area contributed by atoms with Gasteiger partial charge in [0.25, 0.3) is 10.0 Å². The normalized spacial score (nSPS) is 11.3. The van der Waals surface area contributed by atoms with E-state index in [0.717, 1.165) is 31.1 Å². The number of hydrogen-bond donors (Lipinski definition) is 1. The van der Waals surface area contributed by atoms with Crippen molar-refractivity contribution >= 4 is 21.4 Å². The Balaban J connectivity index is 2.13. The molecule has 0 aliphatic carbocycles. The Morgan fingerprint density at radius 1 is 1.12 bits per heavy atom. The van der Waals surface area contributed by atoms with E-state index in [1.54, 1.807) is 12.1 Å². The van der Waals surface area contributed by atoms with Crippen LogP contribution in [0.1, 0.15) is 25.3 Å². The number of nitrogens with zero attached hydrogens (tertiary/aromatic N) is 1. The quantitative estimate of drug-likeness (QED) is 0.815. The lowest BCUT2D eigenvalue weighted by Crippen LogP contribution is -2.18. The highest BCUT2D eigenvalue weighted by molar-refractivity contribution is 7.92. The summed E-state index contributed by atoms with van der Waals surface area (Å²) in [5.41, 5.74) is 1.81. The summed E-state index contributed by atoms with van der Waals surface area (Å²) in [7, 11) is -1.72. The average molecular weight is 350 g/mol. The molecule has 0 spiro atoms. The Kier molecular flexibility index (Phi) is 5.83. The smallest absolute Gasteiger partial charge is 0.261 e. The fourth-order valence-electron chi connectivity index (χ4n) is 2.31. The summed E-state index contributed by atoms with van der Waals surface area (Å²) in [5, 5.41) is 0. The molecule has 0 aliphatic rings. The monoisotopic (exact) mass is 350 g/mol. The molecule has 0 bridgehead atoms. The number of unbranched alkanes of at least 4 members (excludes halogenated alkanes) is 1. The van der Waals surface area contributed by atoms with Crippen molar-refractivity contribution in [3.05, 3.63) is 53.8 Å². The topological polar surface area (TPSA) is 49.4 Å². The lowest BCUT2D eigenvalue weighted by molar-refractivity contribution is 0.598. The van der Waals surface area contributed by atoms with Gasteiger partial charge in [-0.15, -0.1) is 0 Å². The van der Waals surface area contributed by atoms with Crippen molar-refractivity contribution in [3.63, 3.8) is 0 Å². The number of aryl methyl sites for hydroxylation is 1. The minimum Gasteiger partial charge on any atom is -0.375 e. The summed E-state index contributed by atoms with van der Waals surface area (Å²) >= 11 is 0. The maximum absolute atomic E-state index is 13.3. The minimum absolute atomic E-state index is 0.0468. The molecule has 0 amide bonds. The Labute approximate surface area is 143 Å². The molecule has 6 heteroatoms. The van der Waals surface area contributed by atoms with Crippen LogP contribution in [0.2, 0.25) is 0 Å². The second-order valence-corrected chi connectivity index (χ2v) is 7.52. The van der Waals surface area contributed by atoms with Crippen molar-refractivity contribution in [1.29, 1.82) is 0 Å². The molecule has 0 fully saturated rings. The lowest BCUT2D eigenvalue weighted by atomic mass is 10.2. The summed E-state index contributed by atoms with van der Waals surface area (Å²) in [6.07, 6.45) is 2.23. The zero-order valence-electron chi connectivity index (χ0n) is 14.2. The standard InChI is InChI=1S/C18H23FN2O2S/c1-4-5-12-21(3)16-8-6-15(7-9-16)20-24(22,23)17-10-11-18(19)14(2)13-17/h6-11,13,20H,4-5,12H2,1-3H3. The third kappa shape index (κ3) is 4.47. The first-order valence-corrected chi connectivity index (χ1v) is 9.42. The molecule has 2 aromatic rings. The van der Waals surface area contributed by atoms with E-state index in [2.05, 4.69) is 16.5 Å². The van der Waals surface area contributed by atoms with E-state index < -0.39 is 15.8 Å². The average Bonchev–Trinajstić information content (AvgIpc) is 2.55. The van der Waals surface area contributed by atoms with Gasteiger partial charge in [0.1, 0.15) is 5.82 Å². The van der Waals surface area contributed by atoms with Crippen LogP contribution in [-0.4, -0.2) is 22.0 Å². The van der Waals surface area contributed by atoms with Crippen LogP contribution in [0.15, 0.2) is 47.4 Å². The molecule has 0 unspecified atom stereocenters. The maximum Gasteiger partial charge on any atom is 0.261 e. The summed E-state index contributed by atoms with van der Waals surface area (Å²) < 4.78 is 40.6. The molecule has 0 atom stereocenters. The number of halogens is 1. The van der Waals surface area contributed by atoms with Gasteiger partial charge >= 0.3 is 0 Å². The molecular weight excluding hydrogens is 327 g/mol. The number of rotatable bonds is 7. The molecule has 0 aromatic heterocycles. The largest absolute Gasteiger partial charge is 0.375 e. The van der Waals surface area contributed by atoms with Crippen molar-refractivity contribution in [1.82, 2.24) is 0 Å². The van der Waals surface area contributed by atoms with Crippen LogP contribution < -0.4 is 9.62 Å². The van der Waals surface area contributed by atoms with Crippen molar-refractivity contribution in [2.45, 2.75) is 31.6 Å². The van der Waals surface area contributed by atoms with E-state index in [1.807, 2.05) is 19.2 Å². The number of nitrogens with one attached hydrogen (secondary N) is 1. The zero-order chi connectivity index (χ0) is 17.7. The van der Waals surface area contributed by atoms with Crippen LogP contribution in [0.4, 0.5) is 15.8 Å². The van der Waals surface area contributed by atoms with E-state index >= 15 is 0 Å². The van der Waals surface area contributed by atoms with E-state index in [1.165, 1.54) is 19.1 Å². The summed E-state index contributed by atoms with van der Waals surface area (Å²) in [4.78, 5) is 2.18. The Hall–Kier alpha value is -2.08. The minimum atomic E-state index is -3.73. The molecule has 0 aliphatic heterocycles. The maximum atomic E-state index is 13.3. The van der Waals surface area contributed by atoms with Gasteiger partial charge in [0, 0.05) is 25.0 Å². The molecular formula is C18H23FN2O2S. The van der Waals surface area contributed by atoms with Crippen molar-refractivity contribution in [2.75, 3.05) is 23.2 Å². The van der Waals surface area contributed by atoms with Gasteiger partial charge in [0.2, 0.25) is 0 Å². The van der Waals surface area contributed by atoms with Gasteiger partial charge in [0.05, 0.1) is 4.90 Å². The van der Waals surface area contributed by atoms with Crippen LogP contribution in [0, 0.1) is 12.7 Å². The van der Waals surface area contributed by atoms with Crippen LogP contribution in [0.3, 0.4) is 0 Å². The fraction of sp³-hybridized carbons (Fsp3) is 0.333. The summed E-state index contributed by atoms with van der Waals surface area (Å²) in [6.45, 7) is 4.63. The summed E-state index contributed by atoms with van der Waals surface area (Å²) in [5.74, 6) is -0.423. The molecule has 24 heavy (non-hydrogen) atoms. The van der Waals surface area contributed by atoms with Crippen molar-refractivity contribution in [3.8, 4) is 0 Å². The third-order valence-electron chi connectivity index (χ3n) is 3.85. The predicted octanol–water partition coefficient (Wildman–Crippen LogP) is 4.17. The Morgan fingerprint density at radius 3 is 2.38 bits per heavy atom. The van der Waals surface area contributed by atoms with E-state index in [4.69, 9.17) is 0 Å². The molecule has 2 aromatic carbocycles. The molecule has 0 heterocycles. The number of sulfonamides is 1. The first kappa shape index (κ1) is 18.3. The van der Waals surface area contributed by atoms with Gasteiger partial charge in [-0.25, -0.2) is 12.8 Å².